The molecule has 0 aliphatic heterocycles. The maximum absolute atomic E-state index is 13.9. The van der Waals surface area contributed by atoms with Gasteiger partial charge in [-0.25, -0.2) is 14.4 Å². The molecule has 1 heterocycles. The Morgan fingerprint density at radius 1 is 1.36 bits per heavy atom. The second-order valence-electron chi connectivity index (χ2n) is 5.47. The molecule has 2 rings (SSSR count). The quantitative estimate of drug-likeness (QED) is 0.440. The summed E-state index contributed by atoms with van der Waals surface area (Å²) in [7, 11) is 1.44. The number of hydrogen-bond acceptors (Lipinski definition) is 4. The van der Waals surface area contributed by atoms with E-state index in [-0.39, 0.29) is 30.3 Å². The van der Waals surface area contributed by atoms with Gasteiger partial charge in [0.2, 0.25) is 0 Å². The summed E-state index contributed by atoms with van der Waals surface area (Å²) in [5.41, 5.74) is 4.34. The van der Waals surface area contributed by atoms with Crippen LogP contribution in [0.3, 0.4) is 0 Å². The van der Waals surface area contributed by atoms with Crippen LogP contribution in [0.15, 0.2) is 35.5 Å². The number of nitrogens with two attached hydrogens (primary N) is 1. The van der Waals surface area contributed by atoms with Crippen LogP contribution in [0.1, 0.15) is 21.6 Å². The van der Waals surface area contributed by atoms with Gasteiger partial charge in [0.05, 0.1) is 17.2 Å². The first-order chi connectivity index (χ1) is 13.1. The summed E-state index contributed by atoms with van der Waals surface area (Å²) in [6.45, 7) is 0.0593. The van der Waals surface area contributed by atoms with E-state index in [0.717, 1.165) is 6.07 Å². The number of benzene rings is 1. The minimum absolute atomic E-state index is 0.0483. The number of nitrogens with one attached hydrogen (secondary N) is 1. The highest BCUT2D eigenvalue weighted by atomic mass is 35.5. The van der Waals surface area contributed by atoms with Gasteiger partial charge in [0.1, 0.15) is 11.5 Å². The zero-order chi connectivity index (χ0) is 20.9. The van der Waals surface area contributed by atoms with E-state index < -0.39 is 34.2 Å². The Labute approximate surface area is 162 Å². The van der Waals surface area contributed by atoms with Crippen LogP contribution in [0.2, 0.25) is 5.02 Å². The van der Waals surface area contributed by atoms with Gasteiger partial charge in [-0.05, 0) is 29.8 Å². The number of rotatable bonds is 5. The van der Waals surface area contributed by atoms with E-state index in [1.54, 1.807) is 0 Å². The summed E-state index contributed by atoms with van der Waals surface area (Å²) < 4.78 is 56.9. The summed E-state index contributed by atoms with van der Waals surface area (Å²) in [6, 6.07) is 4.33. The molecule has 1 amide bonds. The van der Waals surface area contributed by atoms with Crippen LogP contribution in [0.5, 0.6) is 0 Å². The fraction of sp³-hybridized carbons (Fsp3) is 0.235. The molecule has 0 aliphatic carbocycles. The molecule has 0 unspecified atom stereocenters. The molecule has 150 valence electrons. The molecule has 11 heteroatoms. The van der Waals surface area contributed by atoms with Crippen molar-refractivity contribution in [2.24, 2.45) is 10.7 Å². The van der Waals surface area contributed by atoms with Gasteiger partial charge in [0.25, 0.3) is 11.9 Å². The Hall–Kier alpha value is -2.88. The second-order valence-corrected chi connectivity index (χ2v) is 5.88. The van der Waals surface area contributed by atoms with Gasteiger partial charge in [-0.3, -0.25) is 4.79 Å². The van der Waals surface area contributed by atoms with Crippen molar-refractivity contribution in [1.29, 1.82) is 0 Å². The third-order valence-electron chi connectivity index (χ3n) is 3.53. The molecule has 1 aromatic carbocycles. The van der Waals surface area contributed by atoms with Crippen molar-refractivity contribution in [2.75, 3.05) is 19.0 Å². The first kappa shape index (κ1) is 21.4. The minimum atomic E-state index is -4.63. The van der Waals surface area contributed by atoms with Gasteiger partial charge in [0.15, 0.2) is 0 Å². The van der Waals surface area contributed by atoms with Crippen LogP contribution in [0.4, 0.5) is 23.2 Å². The summed E-state index contributed by atoms with van der Waals surface area (Å²) in [5, 5.41) is 1.95. The lowest BCUT2D eigenvalue weighted by atomic mass is 10.1. The summed E-state index contributed by atoms with van der Waals surface area (Å²) >= 11 is 5.74. The number of aliphatic imine (C=N–C) groups is 1. The molecule has 28 heavy (non-hydrogen) atoms. The third kappa shape index (κ3) is 5.56. The van der Waals surface area contributed by atoms with E-state index in [2.05, 4.69) is 15.3 Å². The fourth-order valence-corrected chi connectivity index (χ4v) is 2.38. The predicted octanol–water partition coefficient (Wildman–Crippen LogP) is 3.65. The standard InChI is InChI=1S/C17H15ClF4N4O2/c1-24-16(23)28-5-4-9-6-11(2-3-13(9)19)26-15(27)14-12(18)7-10(8-25-14)17(20,21)22/h2-3,6-8H,4-5H2,1H3,(H2,23,24)(H,26,27). The number of carbonyl (C=O) groups excluding carboxylic acids is 1. The number of aromatic nitrogens is 1. The molecule has 0 bridgehead atoms. The Balaban J connectivity index is 2.13. The summed E-state index contributed by atoms with van der Waals surface area (Å²) in [6.07, 6.45) is -3.98. The van der Waals surface area contributed by atoms with Crippen LogP contribution >= 0.6 is 11.6 Å². The molecule has 0 radical (unpaired) electrons. The van der Waals surface area contributed by atoms with Crippen molar-refractivity contribution in [1.82, 2.24) is 4.98 Å². The number of amidine groups is 1. The monoisotopic (exact) mass is 418 g/mol. The Bertz CT molecular complexity index is 903. The average molecular weight is 419 g/mol. The molecule has 3 N–H and O–H groups in total. The number of alkyl halides is 3. The van der Waals surface area contributed by atoms with Gasteiger partial charge < -0.3 is 15.8 Å². The molecule has 6 nitrogen and oxygen atoms in total. The number of nitrogens with zero attached hydrogens (tertiary/aromatic N) is 2. The highest BCUT2D eigenvalue weighted by Gasteiger charge is 2.32. The lowest BCUT2D eigenvalue weighted by molar-refractivity contribution is -0.137. The number of pyridine rings is 1. The maximum Gasteiger partial charge on any atom is 0.417 e. The lowest BCUT2D eigenvalue weighted by Crippen LogP contribution is -2.18. The molecule has 0 saturated heterocycles. The fourth-order valence-electron chi connectivity index (χ4n) is 2.12. The molecular formula is C17H15ClF4N4O2. The Morgan fingerprint density at radius 3 is 2.68 bits per heavy atom. The molecule has 1 aromatic heterocycles. The van der Waals surface area contributed by atoms with E-state index in [9.17, 15) is 22.4 Å². The number of halogens is 5. The third-order valence-corrected chi connectivity index (χ3v) is 3.82. The van der Waals surface area contributed by atoms with Crippen LogP contribution < -0.4 is 11.1 Å². The van der Waals surface area contributed by atoms with Gasteiger partial charge in [-0.1, -0.05) is 11.6 Å². The zero-order valence-corrected chi connectivity index (χ0v) is 15.2. The SMILES string of the molecule is CN=C(N)OCCc1cc(NC(=O)c2ncc(C(F)(F)F)cc2Cl)ccc1F. The van der Waals surface area contributed by atoms with E-state index in [4.69, 9.17) is 22.1 Å². The van der Waals surface area contributed by atoms with Crippen molar-refractivity contribution >= 4 is 29.2 Å². The first-order valence-corrected chi connectivity index (χ1v) is 8.17. The van der Waals surface area contributed by atoms with Crippen LogP contribution in [-0.2, 0) is 17.3 Å². The second kappa shape index (κ2) is 8.87. The van der Waals surface area contributed by atoms with Gasteiger partial charge >= 0.3 is 6.18 Å². The number of hydrogen-bond donors (Lipinski definition) is 2. The van der Waals surface area contributed by atoms with Gasteiger partial charge in [-0.15, -0.1) is 0 Å². The van der Waals surface area contributed by atoms with E-state index in [1.807, 2.05) is 0 Å². The summed E-state index contributed by atoms with van der Waals surface area (Å²) in [4.78, 5) is 19.3. The van der Waals surface area contributed by atoms with Crippen molar-refractivity contribution < 1.29 is 27.1 Å². The number of amides is 1. The Morgan fingerprint density at radius 2 is 2.07 bits per heavy atom. The largest absolute Gasteiger partial charge is 0.465 e. The summed E-state index contributed by atoms with van der Waals surface area (Å²) in [5.74, 6) is -1.37. The molecule has 0 atom stereocenters. The molecule has 0 spiro atoms. The first-order valence-electron chi connectivity index (χ1n) is 7.79. The average Bonchev–Trinajstić information content (AvgIpc) is 2.63. The Kier molecular flexibility index (Phi) is 6.79. The maximum atomic E-state index is 13.9. The van der Waals surface area contributed by atoms with Crippen molar-refractivity contribution in [3.63, 3.8) is 0 Å². The van der Waals surface area contributed by atoms with E-state index >= 15 is 0 Å². The number of anilines is 1. The number of ether oxygens (including phenoxy) is 1. The molecule has 2 aromatic rings. The van der Waals surface area contributed by atoms with Gasteiger partial charge in [0, 0.05) is 25.4 Å². The molecule has 0 saturated carbocycles. The highest BCUT2D eigenvalue weighted by Crippen LogP contribution is 2.31. The lowest BCUT2D eigenvalue weighted by Gasteiger charge is -2.11. The van der Waals surface area contributed by atoms with Crippen molar-refractivity contribution in [2.45, 2.75) is 12.6 Å². The predicted molar refractivity (Wildman–Crippen MR) is 95.8 cm³/mol. The highest BCUT2D eigenvalue weighted by molar-refractivity contribution is 6.34. The zero-order valence-electron chi connectivity index (χ0n) is 14.5. The molecule has 0 fully saturated rings. The van der Waals surface area contributed by atoms with E-state index in [0.29, 0.717) is 12.3 Å². The van der Waals surface area contributed by atoms with Crippen molar-refractivity contribution in [3.05, 3.63) is 58.1 Å². The molecular weight excluding hydrogens is 404 g/mol. The van der Waals surface area contributed by atoms with Crippen LogP contribution in [0, 0.1) is 5.82 Å². The topological polar surface area (TPSA) is 89.6 Å². The van der Waals surface area contributed by atoms with Crippen molar-refractivity contribution in [3.8, 4) is 0 Å². The van der Waals surface area contributed by atoms with E-state index in [1.165, 1.54) is 19.2 Å². The smallest absolute Gasteiger partial charge is 0.417 e. The molecule has 0 aliphatic rings. The van der Waals surface area contributed by atoms with Crippen LogP contribution in [0.25, 0.3) is 0 Å². The number of carbonyl (C=O) groups is 1. The normalized spacial score (nSPS) is 12.0. The minimum Gasteiger partial charge on any atom is -0.465 e. The van der Waals surface area contributed by atoms with Gasteiger partial charge in [-0.2, -0.15) is 13.2 Å². The van der Waals surface area contributed by atoms with Crippen LogP contribution in [-0.4, -0.2) is 30.6 Å².